The van der Waals surface area contributed by atoms with Gasteiger partial charge in [-0.25, -0.2) is 13.2 Å². The highest BCUT2D eigenvalue weighted by Gasteiger charge is 2.96. The monoisotopic (exact) mass is 573 g/mol. The molecule has 0 saturated carbocycles. The lowest BCUT2D eigenvalue weighted by Crippen LogP contribution is -2.76. The minimum atomic E-state index is -9.08. The molecule has 0 spiro atoms. The summed E-state index contributed by atoms with van der Waals surface area (Å²) in [6, 6.07) is 0. The van der Waals surface area contributed by atoms with Crippen molar-refractivity contribution in [2.45, 2.75) is 72.8 Å². The van der Waals surface area contributed by atoms with Crippen molar-refractivity contribution < 1.29 is 92.2 Å². The first-order valence-electron chi connectivity index (χ1n) is 7.90. The zero-order valence-electron chi connectivity index (χ0n) is 15.7. The van der Waals surface area contributed by atoms with Crippen LogP contribution in [0.15, 0.2) is 5.83 Å². The van der Waals surface area contributed by atoms with Crippen molar-refractivity contribution in [2.75, 3.05) is 0 Å². The van der Waals surface area contributed by atoms with Gasteiger partial charge in [0.25, 0.3) is 0 Å². The predicted octanol–water partition coefficient (Wildman–Crippen LogP) is 8.04. The van der Waals surface area contributed by atoms with Crippen LogP contribution in [0.3, 0.4) is 0 Å². The molecule has 0 aromatic rings. The van der Waals surface area contributed by atoms with E-state index in [-0.39, 0.29) is 6.92 Å². The Morgan fingerprint density at radius 2 is 0.800 bits per heavy atom. The Kier molecular flexibility index (Phi) is 8.26. The minimum Gasteiger partial charge on any atom is -0.241 e. The lowest BCUT2D eigenvalue weighted by atomic mass is 9.85. The number of allylic oxidation sites excluding steroid dienone is 1. The molecular formula is C14H6F21. The molecule has 209 valence electrons. The van der Waals surface area contributed by atoms with Gasteiger partial charge in [-0.3, -0.25) is 0 Å². The van der Waals surface area contributed by atoms with E-state index < -0.39 is 78.1 Å². The fraction of sp³-hybridized carbons (Fsp3) is 0.857. The van der Waals surface area contributed by atoms with Crippen molar-refractivity contribution in [2.24, 2.45) is 0 Å². The number of halogens is 21. The summed E-state index contributed by atoms with van der Waals surface area (Å²) < 4.78 is 276. The number of alkyl halides is 19. The van der Waals surface area contributed by atoms with Crippen LogP contribution in [0, 0.1) is 6.33 Å². The van der Waals surface area contributed by atoms with E-state index in [1.165, 1.54) is 0 Å². The molecule has 0 aliphatic heterocycles. The van der Waals surface area contributed by atoms with Crippen molar-refractivity contribution in [3.05, 3.63) is 12.2 Å². The van der Waals surface area contributed by atoms with Crippen LogP contribution >= 0.6 is 0 Å². The van der Waals surface area contributed by atoms with Crippen LogP contribution in [0.5, 0.6) is 0 Å². The first kappa shape index (κ1) is 33.3. The maximum absolute atomic E-state index is 13.5. The molecule has 0 heterocycles. The standard InChI is InChI=1S/C14H6F21/c1-2-4(16)6(18,19)8(22,23)10(26,27)12(30,31)14(34,35)13(32,33)11(28,29)9(24,25)7(20,21)5(17)3-15/h4H,2H2,1H3. The molecule has 0 nitrogen and oxygen atoms in total. The van der Waals surface area contributed by atoms with Gasteiger partial charge in [0, 0.05) is 0 Å². The highest BCUT2D eigenvalue weighted by molar-refractivity contribution is 5.20. The number of hydrogen-bond donors (Lipinski definition) is 0. The van der Waals surface area contributed by atoms with Crippen LogP contribution in [0.1, 0.15) is 13.3 Å². The van der Waals surface area contributed by atoms with Gasteiger partial charge in [-0.1, -0.05) is 6.92 Å². The third-order valence-electron chi connectivity index (χ3n) is 4.29. The molecule has 0 aromatic carbocycles. The van der Waals surface area contributed by atoms with Crippen molar-refractivity contribution in [1.82, 2.24) is 0 Å². The van der Waals surface area contributed by atoms with Gasteiger partial charge in [-0.05, 0) is 6.42 Å². The summed E-state index contributed by atoms with van der Waals surface area (Å²) in [4.78, 5) is 0. The van der Waals surface area contributed by atoms with Gasteiger partial charge < -0.3 is 0 Å². The van der Waals surface area contributed by atoms with Crippen molar-refractivity contribution in [3.63, 3.8) is 0 Å². The normalized spacial score (nSPS) is 17.6. The van der Waals surface area contributed by atoms with Gasteiger partial charge in [-0.2, -0.15) is 79.0 Å². The molecule has 1 radical (unpaired) electrons. The van der Waals surface area contributed by atoms with E-state index in [1.807, 2.05) is 0 Å². The van der Waals surface area contributed by atoms with Crippen molar-refractivity contribution in [3.8, 4) is 0 Å². The second kappa shape index (κ2) is 8.69. The molecular weight excluding hydrogens is 567 g/mol. The summed E-state index contributed by atoms with van der Waals surface area (Å²) in [5.74, 6) is -80.5. The van der Waals surface area contributed by atoms with Crippen molar-refractivity contribution >= 4 is 0 Å². The third kappa shape index (κ3) is 3.97. The third-order valence-corrected chi connectivity index (χ3v) is 4.29. The predicted molar refractivity (Wildman–Crippen MR) is 68.7 cm³/mol. The Hall–Kier alpha value is -1.73. The van der Waals surface area contributed by atoms with E-state index in [0.717, 1.165) is 0 Å². The van der Waals surface area contributed by atoms with Crippen LogP contribution in [0.4, 0.5) is 92.2 Å². The molecule has 0 saturated heterocycles. The average molecular weight is 573 g/mol. The van der Waals surface area contributed by atoms with Crippen LogP contribution in [-0.2, 0) is 0 Å². The lowest BCUT2D eigenvalue weighted by molar-refractivity contribution is -0.462. The second-order valence-corrected chi connectivity index (χ2v) is 6.50. The topological polar surface area (TPSA) is 0 Å². The Morgan fingerprint density at radius 1 is 0.543 bits per heavy atom. The molecule has 0 aromatic heterocycles. The summed E-state index contributed by atoms with van der Waals surface area (Å²) in [6.45, 7) is 0.152. The highest BCUT2D eigenvalue weighted by Crippen LogP contribution is 2.65. The molecule has 0 N–H and O–H groups in total. The Balaban J connectivity index is 7.08. The zero-order valence-corrected chi connectivity index (χ0v) is 15.7. The van der Waals surface area contributed by atoms with Gasteiger partial charge in [-0.15, -0.1) is 0 Å². The molecule has 0 rings (SSSR count). The van der Waals surface area contributed by atoms with Crippen LogP contribution in [-0.4, -0.2) is 59.5 Å². The smallest absolute Gasteiger partial charge is 0.241 e. The summed E-state index contributed by atoms with van der Waals surface area (Å²) >= 11 is 0. The van der Waals surface area contributed by atoms with E-state index in [4.69, 9.17) is 0 Å². The van der Waals surface area contributed by atoms with Crippen molar-refractivity contribution in [1.29, 1.82) is 0 Å². The molecule has 0 amide bonds. The van der Waals surface area contributed by atoms with E-state index in [9.17, 15) is 92.2 Å². The van der Waals surface area contributed by atoms with Crippen LogP contribution in [0.25, 0.3) is 0 Å². The second-order valence-electron chi connectivity index (χ2n) is 6.50. The molecule has 0 aliphatic carbocycles. The summed E-state index contributed by atoms with van der Waals surface area (Å²) in [5.41, 5.74) is 0. The maximum atomic E-state index is 13.5. The van der Waals surface area contributed by atoms with E-state index in [2.05, 4.69) is 0 Å². The van der Waals surface area contributed by atoms with E-state index in [0.29, 0.717) is 0 Å². The molecule has 35 heavy (non-hydrogen) atoms. The SMILES string of the molecule is CCC(F)C(F)(F)C(F)(F)C(F)(F)C(F)(F)C(F)(F)C(F)(F)C(F)(F)C(F)(F)C(F)(F)/C(F)=[C]\F. The summed E-state index contributed by atoms with van der Waals surface area (Å²) in [5, 5.41) is 0. The summed E-state index contributed by atoms with van der Waals surface area (Å²) in [7, 11) is 0. The minimum absolute atomic E-state index is 0.152. The average Bonchev–Trinajstić information content (AvgIpc) is 2.70. The fourth-order valence-corrected chi connectivity index (χ4v) is 2.04. The number of rotatable bonds is 11. The molecule has 0 aliphatic rings. The Bertz CT molecular complexity index is 790. The van der Waals surface area contributed by atoms with Gasteiger partial charge in [0.1, 0.15) is 0 Å². The van der Waals surface area contributed by atoms with Crippen LogP contribution in [0.2, 0.25) is 0 Å². The maximum Gasteiger partial charge on any atom is 0.385 e. The molecule has 1 atom stereocenters. The molecule has 0 fully saturated rings. The molecule has 1 unspecified atom stereocenters. The molecule has 0 bridgehead atoms. The molecule has 21 heteroatoms. The zero-order chi connectivity index (χ0) is 29.1. The first-order valence-corrected chi connectivity index (χ1v) is 7.90. The van der Waals surface area contributed by atoms with E-state index in [1.54, 1.807) is 0 Å². The quantitative estimate of drug-likeness (QED) is 0.220. The highest BCUT2D eigenvalue weighted by atomic mass is 19.4. The Labute approximate surface area is 178 Å². The fourth-order valence-electron chi connectivity index (χ4n) is 2.04. The van der Waals surface area contributed by atoms with Crippen LogP contribution < -0.4 is 0 Å². The van der Waals surface area contributed by atoms with Gasteiger partial charge in [0.2, 0.25) is 5.83 Å². The Morgan fingerprint density at radius 3 is 1.06 bits per heavy atom. The van der Waals surface area contributed by atoms with Gasteiger partial charge >= 0.3 is 53.3 Å². The van der Waals surface area contributed by atoms with Gasteiger partial charge in [0.15, 0.2) is 12.5 Å². The van der Waals surface area contributed by atoms with Gasteiger partial charge in [0.05, 0.1) is 0 Å². The largest absolute Gasteiger partial charge is 0.385 e. The lowest BCUT2D eigenvalue weighted by Gasteiger charge is -2.44. The summed E-state index contributed by atoms with van der Waals surface area (Å²) in [6.07, 6.45) is -7.72. The first-order chi connectivity index (χ1) is 15.0. The van der Waals surface area contributed by atoms with E-state index >= 15 is 0 Å². The number of hydrogen-bond acceptors (Lipinski definition) is 0.